The average molecular weight is 539 g/mol. The molecule has 2 aromatic rings. The zero-order chi connectivity index (χ0) is 28.4. The Morgan fingerprint density at radius 1 is 1.03 bits per heavy atom. The van der Waals surface area contributed by atoms with Gasteiger partial charge in [-0.05, 0) is 94.3 Å². The summed E-state index contributed by atoms with van der Waals surface area (Å²) in [6, 6.07) is 13.3. The smallest absolute Gasteiger partial charge is 0.319 e. The van der Waals surface area contributed by atoms with E-state index in [1.165, 1.54) is 19.1 Å². The van der Waals surface area contributed by atoms with Crippen molar-refractivity contribution in [3.05, 3.63) is 65.5 Å². The third-order valence-electron chi connectivity index (χ3n) is 7.74. The van der Waals surface area contributed by atoms with Crippen molar-refractivity contribution in [1.82, 2.24) is 15.1 Å². The molecule has 39 heavy (non-hydrogen) atoms. The van der Waals surface area contributed by atoms with E-state index in [1.807, 2.05) is 19.2 Å². The molecule has 1 aliphatic carbocycles. The van der Waals surface area contributed by atoms with E-state index in [-0.39, 0.29) is 41.5 Å². The molecule has 0 heterocycles. The summed E-state index contributed by atoms with van der Waals surface area (Å²) in [5.74, 6) is -0.00661. The first kappa shape index (κ1) is 30.3. The van der Waals surface area contributed by atoms with Crippen LogP contribution in [-0.4, -0.2) is 66.3 Å². The van der Waals surface area contributed by atoms with Gasteiger partial charge in [-0.1, -0.05) is 31.2 Å². The summed E-state index contributed by atoms with van der Waals surface area (Å²) in [6.45, 7) is 8.00. The third-order valence-corrected chi connectivity index (χ3v) is 7.74. The number of halogens is 1. The van der Waals surface area contributed by atoms with Crippen LogP contribution in [0.5, 0.6) is 0 Å². The van der Waals surface area contributed by atoms with Crippen molar-refractivity contribution < 1.29 is 18.8 Å². The topological polar surface area (TPSA) is 81.8 Å². The lowest BCUT2D eigenvalue weighted by molar-refractivity contribution is -0.130. The van der Waals surface area contributed by atoms with Crippen molar-refractivity contribution in [2.45, 2.75) is 71.4 Å². The molecule has 0 saturated heterocycles. The van der Waals surface area contributed by atoms with Gasteiger partial charge in [-0.3, -0.25) is 9.59 Å². The zero-order valence-corrected chi connectivity index (χ0v) is 23.7. The number of nitrogens with one attached hydrogen (secondary N) is 2. The molecular formula is C31H43FN4O3. The van der Waals surface area contributed by atoms with Gasteiger partial charge in [0.1, 0.15) is 5.82 Å². The normalized spacial score (nSPS) is 19.0. The number of Topliss-reactive ketones (excluding diaryl/α,β-unsaturated/α-hetero) is 1. The molecule has 0 radical (unpaired) electrons. The molecule has 7 nitrogen and oxygen atoms in total. The lowest BCUT2D eigenvalue weighted by atomic mass is 9.80. The highest BCUT2D eigenvalue weighted by Gasteiger charge is 2.35. The maximum absolute atomic E-state index is 13.2. The van der Waals surface area contributed by atoms with Gasteiger partial charge in [-0.15, -0.1) is 0 Å². The SMILES string of the molecule is CCCN(CCCc1ccc(F)cc1)C[C@@H]1CC[C@@H](N(C)C(C)=O)C[C@H]1NC(=O)Nc1cccc(C(C)=O)c1. The second-order valence-electron chi connectivity index (χ2n) is 10.7. The van der Waals surface area contributed by atoms with Gasteiger partial charge in [0.15, 0.2) is 5.78 Å². The number of hydrogen-bond donors (Lipinski definition) is 2. The lowest BCUT2D eigenvalue weighted by Crippen LogP contribution is -2.53. The molecule has 8 heteroatoms. The Morgan fingerprint density at radius 3 is 2.44 bits per heavy atom. The molecule has 0 unspecified atom stereocenters. The van der Waals surface area contributed by atoms with E-state index < -0.39 is 0 Å². The fourth-order valence-corrected chi connectivity index (χ4v) is 5.47. The second kappa shape index (κ2) is 14.8. The van der Waals surface area contributed by atoms with Crippen LogP contribution in [0.2, 0.25) is 0 Å². The van der Waals surface area contributed by atoms with Crippen molar-refractivity contribution >= 4 is 23.4 Å². The molecule has 0 bridgehead atoms. The van der Waals surface area contributed by atoms with Gasteiger partial charge in [-0.25, -0.2) is 9.18 Å². The molecule has 3 atom stereocenters. The highest BCUT2D eigenvalue weighted by molar-refractivity contribution is 5.96. The Hall–Kier alpha value is -3.26. The summed E-state index contributed by atoms with van der Waals surface area (Å²) in [5, 5.41) is 6.07. The summed E-state index contributed by atoms with van der Waals surface area (Å²) in [7, 11) is 1.83. The third kappa shape index (κ3) is 9.46. The van der Waals surface area contributed by atoms with E-state index in [0.717, 1.165) is 57.3 Å². The van der Waals surface area contributed by atoms with Gasteiger partial charge < -0.3 is 20.4 Å². The maximum Gasteiger partial charge on any atom is 0.319 e. The molecule has 0 aromatic heterocycles. The Bertz CT molecular complexity index is 1110. The summed E-state index contributed by atoms with van der Waals surface area (Å²) in [6.07, 6.45) is 5.39. The number of aryl methyl sites for hydroxylation is 1. The van der Waals surface area contributed by atoms with Crippen molar-refractivity contribution in [3.8, 4) is 0 Å². The van der Waals surface area contributed by atoms with E-state index >= 15 is 0 Å². The van der Waals surface area contributed by atoms with E-state index in [4.69, 9.17) is 0 Å². The van der Waals surface area contributed by atoms with Crippen molar-refractivity contribution in [1.29, 1.82) is 0 Å². The second-order valence-corrected chi connectivity index (χ2v) is 10.7. The number of benzene rings is 2. The van der Waals surface area contributed by atoms with Crippen LogP contribution in [0.3, 0.4) is 0 Å². The first-order valence-corrected chi connectivity index (χ1v) is 14.0. The van der Waals surface area contributed by atoms with Gasteiger partial charge in [0.25, 0.3) is 0 Å². The standard InChI is InChI=1S/C31H43FN4O3/c1-5-17-36(18-7-8-24-11-14-27(32)15-12-24)21-26-13-16-29(35(4)23(3)38)20-30(26)34-31(39)33-28-10-6-9-25(19-28)22(2)37/h6,9-12,14-15,19,26,29-30H,5,7-8,13,16-18,20-21H2,1-4H3,(H2,33,34,39)/t26-,29+,30+/m0/s1. The number of carbonyl (C=O) groups is 3. The van der Waals surface area contributed by atoms with E-state index in [9.17, 15) is 18.8 Å². The lowest BCUT2D eigenvalue weighted by Gasteiger charge is -2.41. The first-order chi connectivity index (χ1) is 18.7. The van der Waals surface area contributed by atoms with E-state index in [1.54, 1.807) is 36.1 Å². The van der Waals surface area contributed by atoms with Crippen LogP contribution in [0.4, 0.5) is 14.9 Å². The number of urea groups is 1. The number of anilines is 1. The van der Waals surface area contributed by atoms with Crippen molar-refractivity contribution in [3.63, 3.8) is 0 Å². The Balaban J connectivity index is 1.66. The number of hydrogen-bond acceptors (Lipinski definition) is 4. The molecule has 1 saturated carbocycles. The van der Waals surface area contributed by atoms with Crippen LogP contribution in [0.1, 0.15) is 68.8 Å². The number of ketones is 1. The number of carbonyl (C=O) groups excluding carboxylic acids is 3. The molecule has 1 aliphatic rings. The van der Waals surface area contributed by atoms with Crippen LogP contribution in [0.25, 0.3) is 0 Å². The van der Waals surface area contributed by atoms with Crippen LogP contribution in [0, 0.1) is 11.7 Å². The summed E-state index contributed by atoms with van der Waals surface area (Å²) in [5.41, 5.74) is 2.24. The molecule has 1 fully saturated rings. The van der Waals surface area contributed by atoms with Gasteiger partial charge >= 0.3 is 6.03 Å². The fraction of sp³-hybridized carbons (Fsp3) is 0.516. The zero-order valence-electron chi connectivity index (χ0n) is 23.7. The van der Waals surface area contributed by atoms with Crippen LogP contribution in [0.15, 0.2) is 48.5 Å². The Labute approximate surface area is 232 Å². The van der Waals surface area contributed by atoms with E-state index in [2.05, 4.69) is 22.5 Å². The predicted octanol–water partition coefficient (Wildman–Crippen LogP) is 5.51. The summed E-state index contributed by atoms with van der Waals surface area (Å²) < 4.78 is 13.2. The molecular weight excluding hydrogens is 495 g/mol. The quantitative estimate of drug-likeness (QED) is 0.349. The molecule has 212 valence electrons. The maximum atomic E-state index is 13.2. The molecule has 0 aliphatic heterocycles. The number of amides is 3. The highest BCUT2D eigenvalue weighted by Crippen LogP contribution is 2.29. The summed E-state index contributed by atoms with van der Waals surface area (Å²) >= 11 is 0. The van der Waals surface area contributed by atoms with Gasteiger partial charge in [-0.2, -0.15) is 0 Å². The van der Waals surface area contributed by atoms with E-state index in [0.29, 0.717) is 17.7 Å². The number of nitrogens with zero attached hydrogens (tertiary/aromatic N) is 2. The van der Waals surface area contributed by atoms with Crippen molar-refractivity contribution in [2.24, 2.45) is 5.92 Å². The van der Waals surface area contributed by atoms with Crippen LogP contribution < -0.4 is 10.6 Å². The minimum Gasteiger partial charge on any atom is -0.343 e. The molecule has 2 N–H and O–H groups in total. The molecule has 2 aromatic carbocycles. The average Bonchev–Trinajstić information content (AvgIpc) is 2.90. The monoisotopic (exact) mass is 538 g/mol. The minimum absolute atomic E-state index is 0.0242. The van der Waals surface area contributed by atoms with Gasteiger partial charge in [0.05, 0.1) is 0 Å². The minimum atomic E-state index is -0.310. The molecule has 0 spiro atoms. The van der Waals surface area contributed by atoms with Crippen LogP contribution in [-0.2, 0) is 11.2 Å². The largest absolute Gasteiger partial charge is 0.343 e. The Kier molecular flexibility index (Phi) is 11.5. The Morgan fingerprint density at radius 2 is 1.77 bits per heavy atom. The van der Waals surface area contributed by atoms with Gasteiger partial charge in [0, 0.05) is 43.9 Å². The highest BCUT2D eigenvalue weighted by atomic mass is 19.1. The predicted molar refractivity (Wildman–Crippen MR) is 153 cm³/mol. The fourth-order valence-electron chi connectivity index (χ4n) is 5.47. The number of rotatable bonds is 12. The molecule has 3 rings (SSSR count). The first-order valence-electron chi connectivity index (χ1n) is 14.0. The van der Waals surface area contributed by atoms with Crippen molar-refractivity contribution in [2.75, 3.05) is 32.0 Å². The molecule has 3 amide bonds. The van der Waals surface area contributed by atoms with Crippen LogP contribution >= 0.6 is 0 Å². The summed E-state index contributed by atoms with van der Waals surface area (Å²) in [4.78, 5) is 41.1. The van der Waals surface area contributed by atoms with Gasteiger partial charge in [0.2, 0.25) is 5.91 Å².